The summed E-state index contributed by atoms with van der Waals surface area (Å²) in [6.07, 6.45) is -0.585. The monoisotopic (exact) mass is 345 g/mol. The van der Waals surface area contributed by atoms with E-state index in [-0.39, 0.29) is 11.9 Å². The Bertz CT molecular complexity index is 742. The van der Waals surface area contributed by atoms with Crippen LogP contribution in [0.3, 0.4) is 0 Å². The third-order valence-electron chi connectivity index (χ3n) is 4.07. The van der Waals surface area contributed by atoms with E-state index in [2.05, 4.69) is 23.5 Å². The van der Waals surface area contributed by atoms with Gasteiger partial charge in [0, 0.05) is 5.02 Å². The molecule has 0 saturated carbocycles. The molecule has 1 amide bonds. The number of benzene rings is 2. The molecule has 0 fully saturated rings. The fraction of sp³-hybridized carbons (Fsp3) is 0.350. The van der Waals surface area contributed by atoms with Crippen LogP contribution < -0.4 is 10.1 Å². The van der Waals surface area contributed by atoms with E-state index in [0.29, 0.717) is 10.8 Å². The summed E-state index contributed by atoms with van der Waals surface area (Å²) in [5.74, 6) is 0.495. The summed E-state index contributed by atoms with van der Waals surface area (Å²) in [6, 6.07) is 11.6. The molecular weight excluding hydrogens is 322 g/mol. The third-order valence-corrected chi connectivity index (χ3v) is 4.50. The van der Waals surface area contributed by atoms with Gasteiger partial charge in [0.1, 0.15) is 5.75 Å². The summed E-state index contributed by atoms with van der Waals surface area (Å²) >= 11 is 6.01. The molecule has 1 N–H and O–H groups in total. The molecule has 24 heavy (non-hydrogen) atoms. The highest BCUT2D eigenvalue weighted by atomic mass is 35.5. The molecule has 0 spiro atoms. The normalized spacial score (nSPS) is 13.2. The molecule has 0 heterocycles. The molecule has 0 aromatic heterocycles. The van der Waals surface area contributed by atoms with Crippen molar-refractivity contribution in [2.75, 3.05) is 0 Å². The van der Waals surface area contributed by atoms with E-state index in [1.165, 1.54) is 5.56 Å². The molecular formula is C20H24ClNO2. The maximum Gasteiger partial charge on any atom is 0.261 e. The number of carbonyl (C=O) groups excluding carboxylic acids is 1. The molecule has 3 nitrogen and oxygen atoms in total. The lowest BCUT2D eigenvalue weighted by Gasteiger charge is -2.21. The van der Waals surface area contributed by atoms with E-state index in [0.717, 1.165) is 16.7 Å². The van der Waals surface area contributed by atoms with Crippen LogP contribution in [-0.2, 0) is 4.79 Å². The van der Waals surface area contributed by atoms with Crippen LogP contribution in [0, 0.1) is 20.8 Å². The molecule has 0 aliphatic carbocycles. The lowest BCUT2D eigenvalue weighted by atomic mass is 10.00. The molecule has 0 radical (unpaired) electrons. The second-order valence-electron chi connectivity index (χ2n) is 6.26. The molecule has 2 atom stereocenters. The zero-order valence-corrected chi connectivity index (χ0v) is 15.6. The smallest absolute Gasteiger partial charge is 0.261 e. The number of amides is 1. The largest absolute Gasteiger partial charge is 0.481 e. The fourth-order valence-electron chi connectivity index (χ4n) is 2.58. The molecule has 0 saturated heterocycles. The van der Waals surface area contributed by atoms with Gasteiger partial charge in [-0.1, -0.05) is 35.4 Å². The lowest BCUT2D eigenvalue weighted by molar-refractivity contribution is -0.127. The van der Waals surface area contributed by atoms with Gasteiger partial charge in [-0.05, 0) is 69.5 Å². The maximum atomic E-state index is 12.4. The van der Waals surface area contributed by atoms with Crippen LogP contribution in [0.1, 0.15) is 42.1 Å². The predicted octanol–water partition coefficient (Wildman–Crippen LogP) is 4.91. The first-order valence-corrected chi connectivity index (χ1v) is 8.46. The zero-order chi connectivity index (χ0) is 17.9. The summed E-state index contributed by atoms with van der Waals surface area (Å²) < 4.78 is 5.73. The van der Waals surface area contributed by atoms with E-state index in [9.17, 15) is 4.79 Å². The first kappa shape index (κ1) is 18.3. The van der Waals surface area contributed by atoms with Gasteiger partial charge in [0.05, 0.1) is 6.04 Å². The highest BCUT2D eigenvalue weighted by Gasteiger charge is 2.19. The zero-order valence-electron chi connectivity index (χ0n) is 14.8. The van der Waals surface area contributed by atoms with Crippen molar-refractivity contribution in [1.29, 1.82) is 0 Å². The van der Waals surface area contributed by atoms with Crippen LogP contribution in [0.2, 0.25) is 5.02 Å². The number of nitrogens with one attached hydrogen (secondary N) is 1. The predicted molar refractivity (Wildman–Crippen MR) is 98.8 cm³/mol. The molecule has 2 aromatic rings. The number of rotatable bonds is 5. The van der Waals surface area contributed by atoms with Gasteiger partial charge in [0.15, 0.2) is 6.10 Å². The van der Waals surface area contributed by atoms with Crippen molar-refractivity contribution >= 4 is 17.5 Å². The van der Waals surface area contributed by atoms with Gasteiger partial charge in [-0.2, -0.15) is 0 Å². The van der Waals surface area contributed by atoms with Gasteiger partial charge < -0.3 is 10.1 Å². The minimum atomic E-state index is -0.585. The Morgan fingerprint density at radius 1 is 1.04 bits per heavy atom. The number of carbonyl (C=O) groups is 1. The van der Waals surface area contributed by atoms with Crippen LogP contribution in [-0.4, -0.2) is 12.0 Å². The minimum Gasteiger partial charge on any atom is -0.481 e. The number of hydrogen-bond donors (Lipinski definition) is 1. The Balaban J connectivity index is 2.02. The summed E-state index contributed by atoms with van der Waals surface area (Å²) in [5, 5.41) is 3.70. The SMILES string of the molecule is Cc1ccc(C)c([C@@H](C)NC(=O)[C@H](C)Oc2ccc(Cl)c(C)c2)c1. The van der Waals surface area contributed by atoms with Gasteiger partial charge in [-0.15, -0.1) is 0 Å². The van der Waals surface area contributed by atoms with Gasteiger partial charge in [-0.3, -0.25) is 4.79 Å². The molecule has 2 rings (SSSR count). The van der Waals surface area contributed by atoms with Crippen molar-refractivity contribution in [3.63, 3.8) is 0 Å². The van der Waals surface area contributed by atoms with Crippen molar-refractivity contribution in [1.82, 2.24) is 5.32 Å². The Morgan fingerprint density at radius 3 is 2.42 bits per heavy atom. The van der Waals surface area contributed by atoms with Gasteiger partial charge >= 0.3 is 0 Å². The molecule has 0 aliphatic rings. The number of ether oxygens (including phenoxy) is 1. The molecule has 0 unspecified atom stereocenters. The van der Waals surface area contributed by atoms with Gasteiger partial charge in [0.2, 0.25) is 0 Å². The van der Waals surface area contributed by atoms with Crippen molar-refractivity contribution in [2.24, 2.45) is 0 Å². The highest BCUT2D eigenvalue weighted by Crippen LogP contribution is 2.22. The van der Waals surface area contributed by atoms with Crippen LogP contribution >= 0.6 is 11.6 Å². The molecule has 0 bridgehead atoms. The van der Waals surface area contributed by atoms with Crippen LogP contribution in [0.4, 0.5) is 0 Å². The number of hydrogen-bond acceptors (Lipinski definition) is 2. The van der Waals surface area contributed by atoms with Crippen LogP contribution in [0.25, 0.3) is 0 Å². The van der Waals surface area contributed by atoms with Crippen molar-refractivity contribution in [3.05, 3.63) is 63.7 Å². The third kappa shape index (κ3) is 4.51. The summed E-state index contributed by atoms with van der Waals surface area (Å²) in [6.45, 7) is 9.73. The first-order chi connectivity index (χ1) is 11.3. The van der Waals surface area contributed by atoms with E-state index in [1.54, 1.807) is 19.1 Å². The van der Waals surface area contributed by atoms with Crippen molar-refractivity contribution in [2.45, 2.75) is 46.8 Å². The van der Waals surface area contributed by atoms with E-state index >= 15 is 0 Å². The quantitative estimate of drug-likeness (QED) is 0.836. The van der Waals surface area contributed by atoms with Crippen molar-refractivity contribution < 1.29 is 9.53 Å². The second-order valence-corrected chi connectivity index (χ2v) is 6.67. The van der Waals surface area contributed by atoms with E-state index in [1.807, 2.05) is 33.8 Å². The first-order valence-electron chi connectivity index (χ1n) is 8.08. The Hall–Kier alpha value is -2.00. The summed E-state index contributed by atoms with van der Waals surface area (Å²) in [5.41, 5.74) is 4.39. The minimum absolute atomic E-state index is 0.0737. The Labute approximate surface area is 149 Å². The van der Waals surface area contributed by atoms with Crippen molar-refractivity contribution in [3.8, 4) is 5.75 Å². The average Bonchev–Trinajstić information content (AvgIpc) is 2.53. The number of aryl methyl sites for hydroxylation is 3. The topological polar surface area (TPSA) is 38.3 Å². The second kappa shape index (κ2) is 7.71. The lowest BCUT2D eigenvalue weighted by Crippen LogP contribution is -2.38. The molecule has 4 heteroatoms. The van der Waals surface area contributed by atoms with E-state index < -0.39 is 6.10 Å². The number of halogens is 1. The average molecular weight is 346 g/mol. The fourth-order valence-corrected chi connectivity index (χ4v) is 2.70. The summed E-state index contributed by atoms with van der Waals surface area (Å²) in [4.78, 5) is 12.4. The molecule has 2 aromatic carbocycles. The highest BCUT2D eigenvalue weighted by molar-refractivity contribution is 6.31. The standard InChI is InChI=1S/C20H24ClNO2/c1-12-6-7-13(2)18(10-12)15(4)22-20(23)16(5)24-17-8-9-19(21)14(3)11-17/h6-11,15-16H,1-5H3,(H,22,23)/t15-,16+/m1/s1. The van der Waals surface area contributed by atoms with Crippen LogP contribution in [0.15, 0.2) is 36.4 Å². The van der Waals surface area contributed by atoms with E-state index in [4.69, 9.17) is 16.3 Å². The van der Waals surface area contributed by atoms with Gasteiger partial charge in [0.25, 0.3) is 5.91 Å². The van der Waals surface area contributed by atoms with Gasteiger partial charge in [-0.25, -0.2) is 0 Å². The molecule has 0 aliphatic heterocycles. The van der Waals surface area contributed by atoms with Crippen LogP contribution in [0.5, 0.6) is 5.75 Å². The Kier molecular flexibility index (Phi) is 5.89. The maximum absolute atomic E-state index is 12.4. The Morgan fingerprint density at radius 2 is 1.75 bits per heavy atom. The molecule has 128 valence electrons. The summed E-state index contributed by atoms with van der Waals surface area (Å²) in [7, 11) is 0.